The van der Waals surface area contributed by atoms with Crippen LogP contribution in [0, 0.1) is 52.8 Å². The Morgan fingerprint density at radius 1 is 0.935 bits per heavy atom. The topological polar surface area (TPSA) is 79.2 Å². The van der Waals surface area contributed by atoms with Gasteiger partial charge in [0.15, 0.2) is 5.79 Å². The molecule has 2 saturated heterocycles. The van der Waals surface area contributed by atoms with Gasteiger partial charge in [0.05, 0.1) is 24.9 Å². The number of aliphatic hydroxyl groups excluding tert-OH is 3. The second-order valence-corrected chi connectivity index (χ2v) is 12.5. The maximum Gasteiger partial charge on any atom is 0.171 e. The van der Waals surface area contributed by atoms with Crippen LogP contribution in [0.15, 0.2) is 0 Å². The van der Waals surface area contributed by atoms with Crippen LogP contribution in [-0.2, 0) is 9.47 Å². The predicted octanol–water partition coefficient (Wildman–Crippen LogP) is 3.35. The molecule has 31 heavy (non-hydrogen) atoms. The lowest BCUT2D eigenvalue weighted by molar-refractivity contribution is -0.274. The summed E-state index contributed by atoms with van der Waals surface area (Å²) in [5.41, 5.74) is 0.184. The number of hydrogen-bond donors (Lipinski definition) is 3. The van der Waals surface area contributed by atoms with Gasteiger partial charge in [-0.15, -0.1) is 0 Å². The van der Waals surface area contributed by atoms with Crippen molar-refractivity contribution in [3.05, 3.63) is 0 Å². The van der Waals surface area contributed by atoms with Gasteiger partial charge >= 0.3 is 0 Å². The Morgan fingerprint density at radius 3 is 2.48 bits per heavy atom. The molecule has 5 nitrogen and oxygen atoms in total. The molecular formula is C26H42O5. The summed E-state index contributed by atoms with van der Waals surface area (Å²) >= 11 is 0. The average molecular weight is 435 g/mol. The molecule has 0 unspecified atom stereocenters. The van der Waals surface area contributed by atoms with Crippen molar-refractivity contribution in [2.45, 2.75) is 95.7 Å². The quantitative estimate of drug-likeness (QED) is 0.590. The Morgan fingerprint density at radius 2 is 1.74 bits per heavy atom. The van der Waals surface area contributed by atoms with Crippen molar-refractivity contribution in [3.8, 4) is 0 Å². The van der Waals surface area contributed by atoms with Crippen LogP contribution in [0.3, 0.4) is 0 Å². The third-order valence-corrected chi connectivity index (χ3v) is 11.4. The van der Waals surface area contributed by atoms with Crippen LogP contribution >= 0.6 is 0 Å². The molecule has 1 spiro atoms. The van der Waals surface area contributed by atoms with Crippen LogP contribution < -0.4 is 0 Å². The van der Waals surface area contributed by atoms with E-state index in [0.29, 0.717) is 36.4 Å². The summed E-state index contributed by atoms with van der Waals surface area (Å²) in [5.74, 6) is 4.42. The number of hydrogen-bond acceptors (Lipinski definition) is 5. The molecule has 0 bridgehead atoms. The van der Waals surface area contributed by atoms with Crippen molar-refractivity contribution < 1.29 is 24.8 Å². The third-order valence-electron chi connectivity index (χ3n) is 11.4. The van der Waals surface area contributed by atoms with E-state index in [1.807, 2.05) is 0 Å². The Balaban J connectivity index is 1.20. The van der Waals surface area contributed by atoms with Crippen molar-refractivity contribution in [1.82, 2.24) is 0 Å². The molecule has 0 aromatic rings. The molecule has 0 aromatic carbocycles. The minimum Gasteiger partial charge on any atom is -0.396 e. The van der Waals surface area contributed by atoms with Crippen molar-refractivity contribution in [3.63, 3.8) is 0 Å². The first kappa shape index (κ1) is 21.3. The largest absolute Gasteiger partial charge is 0.396 e. The Hall–Kier alpha value is -0.200. The van der Waals surface area contributed by atoms with E-state index in [-0.39, 0.29) is 17.9 Å². The van der Waals surface area contributed by atoms with Crippen LogP contribution in [0.1, 0.15) is 71.6 Å². The molecule has 13 atom stereocenters. The lowest BCUT2D eigenvalue weighted by Crippen LogP contribution is -2.55. The summed E-state index contributed by atoms with van der Waals surface area (Å²) in [7, 11) is 0. The maximum absolute atomic E-state index is 10.5. The highest BCUT2D eigenvalue weighted by Crippen LogP contribution is 2.67. The molecule has 4 aliphatic carbocycles. The van der Waals surface area contributed by atoms with Crippen LogP contribution in [0.4, 0.5) is 0 Å². The van der Waals surface area contributed by atoms with Crippen LogP contribution in [-0.4, -0.2) is 52.6 Å². The Labute approximate surface area is 186 Å². The molecule has 6 rings (SSSR count). The second kappa shape index (κ2) is 7.40. The normalized spacial score (nSPS) is 60.9. The minimum atomic E-state index is -0.546. The van der Waals surface area contributed by atoms with E-state index < -0.39 is 18.0 Å². The summed E-state index contributed by atoms with van der Waals surface area (Å²) in [6, 6.07) is 0. The van der Waals surface area contributed by atoms with Gasteiger partial charge in [-0.25, -0.2) is 0 Å². The van der Waals surface area contributed by atoms with Crippen molar-refractivity contribution in [2.75, 3.05) is 13.2 Å². The van der Waals surface area contributed by atoms with E-state index in [1.54, 1.807) is 0 Å². The lowest BCUT2D eigenvalue weighted by Gasteiger charge is -2.59. The highest BCUT2D eigenvalue weighted by molar-refractivity contribution is 5.11. The molecule has 0 aromatic heterocycles. The highest BCUT2D eigenvalue weighted by Gasteiger charge is 2.65. The van der Waals surface area contributed by atoms with Gasteiger partial charge in [-0.3, -0.25) is 0 Å². The molecule has 3 N–H and O–H groups in total. The van der Waals surface area contributed by atoms with E-state index in [2.05, 4.69) is 13.8 Å². The molecule has 6 fully saturated rings. The fraction of sp³-hybridized carbons (Fsp3) is 1.00. The average Bonchev–Trinajstić information content (AvgIpc) is 3.24. The van der Waals surface area contributed by atoms with Gasteiger partial charge in [-0.1, -0.05) is 13.8 Å². The number of fused-ring (bicyclic) bond motifs is 7. The zero-order chi connectivity index (χ0) is 21.5. The van der Waals surface area contributed by atoms with Gasteiger partial charge in [0.1, 0.15) is 0 Å². The van der Waals surface area contributed by atoms with Gasteiger partial charge in [-0.2, -0.15) is 0 Å². The maximum atomic E-state index is 10.5. The predicted molar refractivity (Wildman–Crippen MR) is 116 cm³/mol. The summed E-state index contributed by atoms with van der Waals surface area (Å²) in [4.78, 5) is 0. The van der Waals surface area contributed by atoms with Gasteiger partial charge in [0, 0.05) is 24.9 Å². The Bertz CT molecular complexity index is 689. The Kier molecular flexibility index (Phi) is 5.09. The van der Waals surface area contributed by atoms with Crippen LogP contribution in [0.25, 0.3) is 0 Å². The molecule has 0 radical (unpaired) electrons. The molecule has 2 aliphatic heterocycles. The zero-order valence-electron chi connectivity index (χ0n) is 19.3. The molecular weight excluding hydrogens is 392 g/mol. The van der Waals surface area contributed by atoms with E-state index >= 15 is 0 Å². The van der Waals surface area contributed by atoms with Gasteiger partial charge in [0.2, 0.25) is 0 Å². The van der Waals surface area contributed by atoms with Crippen molar-refractivity contribution >= 4 is 0 Å². The van der Waals surface area contributed by atoms with Gasteiger partial charge < -0.3 is 24.8 Å². The van der Waals surface area contributed by atoms with Gasteiger partial charge in [0.25, 0.3) is 0 Å². The number of rotatable bonds is 1. The lowest BCUT2D eigenvalue weighted by atomic mass is 9.46. The van der Waals surface area contributed by atoms with Crippen LogP contribution in [0.2, 0.25) is 0 Å². The summed E-state index contributed by atoms with van der Waals surface area (Å²) in [5, 5.41) is 30.3. The SMILES string of the molecule is C[C@H]1[C@@H]2[C@@H]3CC[C@H]4[C@@H](CC[C@@H]5C[C@H](O)[C@@H](O)C[C@]54C)[C@H]3C[C@@H]2O[C@]12CC[C@@H](CO)CO2. The first-order valence-corrected chi connectivity index (χ1v) is 13.1. The first-order chi connectivity index (χ1) is 14.9. The van der Waals surface area contributed by atoms with E-state index in [9.17, 15) is 15.3 Å². The van der Waals surface area contributed by atoms with E-state index in [4.69, 9.17) is 9.47 Å². The number of aliphatic hydroxyl groups is 3. The zero-order valence-corrected chi connectivity index (χ0v) is 19.3. The standard InChI is InChI=1S/C26H42O5/c1-14-24-18-5-6-20-17(4-3-16-9-21(28)22(29)11-25(16,20)2)19(18)10-23(24)31-26(14)8-7-15(12-27)13-30-26/h14-24,27-29H,3-13H2,1-2H3/t14-,15-,16+,17-,18+,19+,20-,21-,22-,23-,24+,25+,26+/m0/s1. The summed E-state index contributed by atoms with van der Waals surface area (Å²) in [6.07, 6.45) is 9.01. The third kappa shape index (κ3) is 2.99. The van der Waals surface area contributed by atoms with E-state index in [1.165, 1.54) is 32.1 Å². The molecule has 2 heterocycles. The minimum absolute atomic E-state index is 0.184. The highest BCUT2D eigenvalue weighted by atomic mass is 16.7. The summed E-state index contributed by atoms with van der Waals surface area (Å²) in [6.45, 7) is 5.65. The second-order valence-electron chi connectivity index (χ2n) is 12.5. The number of ether oxygens (including phenoxy) is 2. The molecule has 176 valence electrons. The fourth-order valence-corrected chi connectivity index (χ4v) is 9.84. The van der Waals surface area contributed by atoms with Crippen molar-refractivity contribution in [2.24, 2.45) is 52.8 Å². The molecule has 0 amide bonds. The fourth-order valence-electron chi connectivity index (χ4n) is 9.84. The molecule has 6 aliphatic rings. The van der Waals surface area contributed by atoms with Gasteiger partial charge in [-0.05, 0) is 92.3 Å². The molecule has 4 saturated carbocycles. The van der Waals surface area contributed by atoms with E-state index in [0.717, 1.165) is 43.4 Å². The summed E-state index contributed by atoms with van der Waals surface area (Å²) < 4.78 is 13.1. The first-order valence-electron chi connectivity index (χ1n) is 13.1. The molecule has 5 heteroatoms. The van der Waals surface area contributed by atoms with Crippen LogP contribution in [0.5, 0.6) is 0 Å². The monoisotopic (exact) mass is 434 g/mol. The van der Waals surface area contributed by atoms with Crippen molar-refractivity contribution in [1.29, 1.82) is 0 Å². The smallest absolute Gasteiger partial charge is 0.171 e.